The van der Waals surface area contributed by atoms with Crippen LogP contribution in [0.5, 0.6) is 0 Å². The van der Waals surface area contributed by atoms with Gasteiger partial charge in [-0.05, 0) is 53.7 Å². The minimum Gasteiger partial charge on any atom is -0.351 e. The van der Waals surface area contributed by atoms with Crippen LogP contribution >= 0.6 is 23.6 Å². The number of amides is 1. The fourth-order valence-electron chi connectivity index (χ4n) is 2.71. The zero-order valence-electron chi connectivity index (χ0n) is 13.5. The zero-order valence-corrected chi connectivity index (χ0v) is 15.1. The van der Waals surface area contributed by atoms with E-state index in [1.807, 2.05) is 16.8 Å². The van der Waals surface area contributed by atoms with Crippen molar-refractivity contribution in [1.29, 1.82) is 0 Å². The number of thiocarbonyl (C=S) groups is 1. The van der Waals surface area contributed by atoms with E-state index in [2.05, 4.69) is 16.0 Å². The molecule has 0 aliphatic carbocycles. The molecule has 1 aromatic carbocycles. The first-order valence-corrected chi connectivity index (χ1v) is 8.90. The molecule has 0 radical (unpaired) electrons. The second-order valence-electron chi connectivity index (χ2n) is 5.62. The summed E-state index contributed by atoms with van der Waals surface area (Å²) in [4.78, 5) is 12.8. The molecule has 9 heteroatoms. The Balaban J connectivity index is 1.96. The number of carbonyl (C=O) groups excluding carboxylic acids is 1. The lowest BCUT2D eigenvalue weighted by Gasteiger charge is -2.30. The average Bonchev–Trinajstić information content (AvgIpc) is 3.07. The first-order valence-electron chi connectivity index (χ1n) is 7.55. The SMILES string of the molecule is CC1=C(C(=O)Nc2ccccc2C(F)(F)F)[C@@H](c2ccsc2)NC(=S)N1. The maximum absolute atomic E-state index is 13.2. The Morgan fingerprint density at radius 3 is 2.65 bits per heavy atom. The van der Waals surface area contributed by atoms with Gasteiger partial charge >= 0.3 is 6.18 Å². The van der Waals surface area contributed by atoms with Gasteiger partial charge in [0.2, 0.25) is 0 Å². The summed E-state index contributed by atoms with van der Waals surface area (Å²) in [6.45, 7) is 1.66. The molecule has 0 saturated carbocycles. The highest BCUT2D eigenvalue weighted by atomic mass is 32.1. The second-order valence-corrected chi connectivity index (χ2v) is 6.81. The molecule has 3 N–H and O–H groups in total. The molecule has 0 bridgehead atoms. The predicted molar refractivity (Wildman–Crippen MR) is 98.7 cm³/mol. The number of hydrogen-bond acceptors (Lipinski definition) is 3. The minimum absolute atomic E-state index is 0.286. The number of rotatable bonds is 3. The summed E-state index contributed by atoms with van der Waals surface area (Å²) in [7, 11) is 0. The molecule has 1 atom stereocenters. The summed E-state index contributed by atoms with van der Waals surface area (Å²) in [5.74, 6) is -0.627. The maximum atomic E-state index is 13.2. The molecule has 26 heavy (non-hydrogen) atoms. The first-order chi connectivity index (χ1) is 12.3. The van der Waals surface area contributed by atoms with Gasteiger partial charge in [0.05, 0.1) is 22.9 Å². The normalized spacial score (nSPS) is 17.5. The van der Waals surface area contributed by atoms with Gasteiger partial charge < -0.3 is 16.0 Å². The Hall–Kier alpha value is -2.39. The number of hydrogen-bond donors (Lipinski definition) is 3. The summed E-state index contributed by atoms with van der Waals surface area (Å²) in [6.07, 6.45) is -4.56. The summed E-state index contributed by atoms with van der Waals surface area (Å²) in [6, 6.07) is 6.17. The fraction of sp³-hybridized carbons (Fsp3) is 0.176. The molecule has 1 aromatic heterocycles. The van der Waals surface area contributed by atoms with Gasteiger partial charge in [0.15, 0.2) is 5.11 Å². The number of para-hydroxylation sites is 1. The van der Waals surface area contributed by atoms with Gasteiger partial charge in [-0.1, -0.05) is 12.1 Å². The van der Waals surface area contributed by atoms with Crippen LogP contribution in [0.25, 0.3) is 0 Å². The van der Waals surface area contributed by atoms with Crippen LogP contribution in [0.3, 0.4) is 0 Å². The Bertz CT molecular complexity index is 876. The van der Waals surface area contributed by atoms with Crippen molar-refractivity contribution >= 4 is 40.3 Å². The van der Waals surface area contributed by atoms with Gasteiger partial charge in [-0.15, -0.1) is 0 Å². The molecule has 2 aromatic rings. The largest absolute Gasteiger partial charge is 0.418 e. The van der Waals surface area contributed by atoms with Crippen molar-refractivity contribution in [2.75, 3.05) is 5.32 Å². The van der Waals surface area contributed by atoms with Crippen LogP contribution < -0.4 is 16.0 Å². The number of thiophene rings is 1. The molecule has 0 saturated heterocycles. The highest BCUT2D eigenvalue weighted by molar-refractivity contribution is 7.80. The minimum atomic E-state index is -4.56. The van der Waals surface area contributed by atoms with Gasteiger partial charge in [0.25, 0.3) is 5.91 Å². The molecular formula is C17H14F3N3OS2. The van der Waals surface area contributed by atoms with E-state index in [4.69, 9.17) is 12.2 Å². The molecular weight excluding hydrogens is 383 g/mol. The molecule has 0 fully saturated rings. The molecule has 0 unspecified atom stereocenters. The quantitative estimate of drug-likeness (QED) is 0.680. The van der Waals surface area contributed by atoms with E-state index in [1.165, 1.54) is 29.5 Å². The van der Waals surface area contributed by atoms with E-state index in [-0.39, 0.29) is 11.3 Å². The van der Waals surface area contributed by atoms with Gasteiger partial charge in [-0.3, -0.25) is 4.79 Å². The molecule has 1 aliphatic heterocycles. The highest BCUT2D eigenvalue weighted by Gasteiger charge is 2.35. The Morgan fingerprint density at radius 1 is 1.27 bits per heavy atom. The summed E-state index contributed by atoms with van der Waals surface area (Å²) in [5, 5.41) is 12.3. The Kier molecular flexibility index (Phi) is 5.01. The van der Waals surface area contributed by atoms with Crippen molar-refractivity contribution in [3.63, 3.8) is 0 Å². The monoisotopic (exact) mass is 397 g/mol. The number of anilines is 1. The van der Waals surface area contributed by atoms with E-state index in [1.54, 1.807) is 6.92 Å². The third-order valence-corrected chi connectivity index (χ3v) is 4.79. The predicted octanol–water partition coefficient (Wildman–Crippen LogP) is 4.20. The zero-order chi connectivity index (χ0) is 18.9. The number of alkyl halides is 3. The van der Waals surface area contributed by atoms with Crippen molar-refractivity contribution in [3.8, 4) is 0 Å². The van der Waals surface area contributed by atoms with Gasteiger partial charge in [-0.25, -0.2) is 0 Å². The van der Waals surface area contributed by atoms with E-state index >= 15 is 0 Å². The summed E-state index contributed by atoms with van der Waals surface area (Å²) >= 11 is 6.59. The van der Waals surface area contributed by atoms with Crippen LogP contribution in [-0.2, 0) is 11.0 Å². The van der Waals surface area contributed by atoms with Crippen molar-refractivity contribution in [2.45, 2.75) is 19.1 Å². The topological polar surface area (TPSA) is 53.2 Å². The fourth-order valence-corrected chi connectivity index (χ4v) is 3.67. The Labute approximate surface area is 157 Å². The lowest BCUT2D eigenvalue weighted by Crippen LogP contribution is -2.45. The lowest BCUT2D eigenvalue weighted by molar-refractivity contribution is -0.137. The molecule has 1 aliphatic rings. The van der Waals surface area contributed by atoms with Crippen LogP contribution in [0.2, 0.25) is 0 Å². The number of halogens is 3. The van der Waals surface area contributed by atoms with Crippen LogP contribution in [0.4, 0.5) is 18.9 Å². The number of nitrogens with one attached hydrogen (secondary N) is 3. The van der Waals surface area contributed by atoms with Crippen LogP contribution in [0.1, 0.15) is 24.1 Å². The van der Waals surface area contributed by atoms with Crippen LogP contribution in [-0.4, -0.2) is 11.0 Å². The van der Waals surface area contributed by atoms with Gasteiger partial charge in [-0.2, -0.15) is 24.5 Å². The molecule has 0 spiro atoms. The van der Waals surface area contributed by atoms with E-state index in [0.29, 0.717) is 10.8 Å². The molecule has 3 rings (SSSR count). The van der Waals surface area contributed by atoms with Gasteiger partial charge in [0.1, 0.15) is 0 Å². The molecule has 2 heterocycles. The number of benzene rings is 1. The highest BCUT2D eigenvalue weighted by Crippen LogP contribution is 2.35. The third kappa shape index (κ3) is 3.73. The van der Waals surface area contributed by atoms with E-state index in [0.717, 1.165) is 11.6 Å². The summed E-state index contributed by atoms with van der Waals surface area (Å²) < 4.78 is 39.5. The molecule has 4 nitrogen and oxygen atoms in total. The van der Waals surface area contributed by atoms with Gasteiger partial charge in [0, 0.05) is 5.70 Å². The smallest absolute Gasteiger partial charge is 0.351 e. The molecule has 136 valence electrons. The average molecular weight is 397 g/mol. The van der Waals surface area contributed by atoms with E-state index in [9.17, 15) is 18.0 Å². The van der Waals surface area contributed by atoms with Crippen molar-refractivity contribution < 1.29 is 18.0 Å². The summed E-state index contributed by atoms with van der Waals surface area (Å²) in [5.41, 5.74) is 0.404. The molecule has 1 amide bonds. The van der Waals surface area contributed by atoms with E-state index < -0.39 is 23.7 Å². The second kappa shape index (κ2) is 7.08. The first kappa shape index (κ1) is 18.4. The van der Waals surface area contributed by atoms with Crippen molar-refractivity contribution in [3.05, 3.63) is 63.5 Å². The van der Waals surface area contributed by atoms with Crippen LogP contribution in [0.15, 0.2) is 52.4 Å². The van der Waals surface area contributed by atoms with Crippen LogP contribution in [0, 0.1) is 0 Å². The maximum Gasteiger partial charge on any atom is 0.418 e. The Morgan fingerprint density at radius 2 is 2.00 bits per heavy atom. The standard InChI is InChI=1S/C17H14F3N3OS2/c1-9-13(14(23-16(25)21-9)10-6-7-26-8-10)15(24)22-12-5-3-2-4-11(12)17(18,19)20/h2-8,14H,1H3,(H,22,24)(H2,21,23,25)/t14-/m1/s1. The van der Waals surface area contributed by atoms with Crippen molar-refractivity contribution in [2.24, 2.45) is 0 Å². The number of carbonyl (C=O) groups is 1. The van der Waals surface area contributed by atoms with Crippen molar-refractivity contribution in [1.82, 2.24) is 10.6 Å². The lowest BCUT2D eigenvalue weighted by atomic mass is 9.97. The number of allylic oxidation sites excluding steroid dienone is 1. The third-order valence-electron chi connectivity index (χ3n) is 3.87.